The van der Waals surface area contributed by atoms with Crippen molar-refractivity contribution in [2.45, 2.75) is 18.9 Å². The van der Waals surface area contributed by atoms with Crippen LogP contribution in [0.2, 0.25) is 5.02 Å². The Bertz CT molecular complexity index is 1070. The van der Waals surface area contributed by atoms with Crippen LogP contribution in [0.3, 0.4) is 0 Å². The zero-order valence-electron chi connectivity index (χ0n) is 17.9. The van der Waals surface area contributed by atoms with Crippen LogP contribution in [0.4, 0.5) is 0 Å². The van der Waals surface area contributed by atoms with Gasteiger partial charge >= 0.3 is 5.97 Å². The van der Waals surface area contributed by atoms with Crippen molar-refractivity contribution in [3.05, 3.63) is 88.9 Å². The second-order valence-electron chi connectivity index (χ2n) is 7.95. The molecular weight excluding hydrogens is 426 g/mol. The van der Waals surface area contributed by atoms with E-state index in [2.05, 4.69) is 4.90 Å². The van der Waals surface area contributed by atoms with Crippen LogP contribution >= 0.6 is 11.6 Å². The predicted octanol–water partition coefficient (Wildman–Crippen LogP) is 6.03. The van der Waals surface area contributed by atoms with Crippen LogP contribution in [-0.2, 0) is 4.79 Å². The van der Waals surface area contributed by atoms with E-state index in [4.69, 9.17) is 21.1 Å². The largest absolute Gasteiger partial charge is 0.496 e. The molecule has 2 atom stereocenters. The average Bonchev–Trinajstić information content (AvgIpc) is 2.81. The third-order valence-corrected chi connectivity index (χ3v) is 6.04. The van der Waals surface area contributed by atoms with E-state index in [1.807, 2.05) is 66.7 Å². The highest BCUT2D eigenvalue weighted by Gasteiger charge is 2.33. The molecule has 0 amide bonds. The Balaban J connectivity index is 1.75. The minimum atomic E-state index is -0.757. The van der Waals surface area contributed by atoms with Gasteiger partial charge < -0.3 is 14.6 Å². The van der Waals surface area contributed by atoms with E-state index in [0.717, 1.165) is 29.8 Å². The molecule has 1 aliphatic rings. The number of carboxylic acids is 1. The lowest BCUT2D eigenvalue weighted by Gasteiger charge is -2.38. The Morgan fingerprint density at radius 3 is 2.59 bits per heavy atom. The highest BCUT2D eigenvalue weighted by molar-refractivity contribution is 6.30. The first kappa shape index (κ1) is 22.2. The number of hydrogen-bond donors (Lipinski definition) is 1. The van der Waals surface area contributed by atoms with E-state index in [9.17, 15) is 9.90 Å². The molecule has 1 fully saturated rings. The molecule has 4 rings (SSSR count). The molecule has 166 valence electrons. The first-order valence-corrected chi connectivity index (χ1v) is 11.1. The van der Waals surface area contributed by atoms with Gasteiger partial charge in [-0.15, -0.1) is 0 Å². The summed E-state index contributed by atoms with van der Waals surface area (Å²) in [4.78, 5) is 13.9. The number of halogens is 1. The molecule has 0 saturated carbocycles. The first-order valence-electron chi connectivity index (χ1n) is 10.7. The molecule has 32 heavy (non-hydrogen) atoms. The van der Waals surface area contributed by atoms with E-state index < -0.39 is 11.9 Å². The van der Waals surface area contributed by atoms with Gasteiger partial charge in [-0.1, -0.05) is 41.9 Å². The maximum Gasteiger partial charge on any atom is 0.307 e. The van der Waals surface area contributed by atoms with Crippen LogP contribution in [-0.4, -0.2) is 36.2 Å². The number of piperidine rings is 1. The first-order chi connectivity index (χ1) is 15.5. The highest BCUT2D eigenvalue weighted by atomic mass is 35.5. The van der Waals surface area contributed by atoms with Gasteiger partial charge in [-0.25, -0.2) is 0 Å². The second kappa shape index (κ2) is 10.1. The Morgan fingerprint density at radius 2 is 1.84 bits per heavy atom. The Kier molecular flexibility index (Phi) is 6.98. The summed E-state index contributed by atoms with van der Waals surface area (Å²) in [5.74, 6) is 1.02. The topological polar surface area (TPSA) is 59.0 Å². The van der Waals surface area contributed by atoms with Gasteiger partial charge in [0.25, 0.3) is 0 Å². The molecule has 1 heterocycles. The molecule has 2 unspecified atom stereocenters. The molecule has 3 aromatic rings. The fourth-order valence-electron chi connectivity index (χ4n) is 4.32. The summed E-state index contributed by atoms with van der Waals surface area (Å²) in [6, 6.07) is 22.9. The lowest BCUT2D eigenvalue weighted by atomic mass is 9.91. The van der Waals surface area contributed by atoms with Gasteiger partial charge in [0.05, 0.1) is 19.1 Å². The number of hydrogen-bond acceptors (Lipinski definition) is 4. The summed E-state index contributed by atoms with van der Waals surface area (Å²) in [7, 11) is 1.63. The van der Waals surface area contributed by atoms with Crippen LogP contribution in [0.1, 0.15) is 30.0 Å². The normalized spacial score (nSPS) is 17.5. The van der Waals surface area contributed by atoms with Crippen molar-refractivity contribution in [3.63, 3.8) is 0 Å². The summed E-state index contributed by atoms with van der Waals surface area (Å²) in [6.07, 6.45) is 1.50. The lowest BCUT2D eigenvalue weighted by molar-refractivity contribution is -0.143. The van der Waals surface area contributed by atoms with Crippen molar-refractivity contribution in [3.8, 4) is 17.2 Å². The van der Waals surface area contributed by atoms with Crippen molar-refractivity contribution < 1.29 is 19.4 Å². The number of likely N-dealkylation sites (tertiary alicyclic amines) is 1. The van der Waals surface area contributed by atoms with Crippen molar-refractivity contribution >= 4 is 17.6 Å². The molecule has 0 radical (unpaired) electrons. The Morgan fingerprint density at radius 1 is 1.06 bits per heavy atom. The number of nitrogens with zero attached hydrogens (tertiary/aromatic N) is 1. The van der Waals surface area contributed by atoms with E-state index in [1.54, 1.807) is 13.2 Å². The van der Waals surface area contributed by atoms with Crippen LogP contribution in [0.5, 0.6) is 17.2 Å². The third kappa shape index (κ3) is 5.06. The fourth-order valence-corrected chi connectivity index (χ4v) is 4.50. The molecule has 1 N–H and O–H groups in total. The van der Waals surface area contributed by atoms with Gasteiger partial charge in [0, 0.05) is 17.1 Å². The molecule has 5 nitrogen and oxygen atoms in total. The molecule has 0 bridgehead atoms. The number of ether oxygens (including phenoxy) is 2. The van der Waals surface area contributed by atoms with E-state index in [-0.39, 0.29) is 6.04 Å². The quantitative estimate of drug-likeness (QED) is 0.475. The minimum Gasteiger partial charge on any atom is -0.496 e. The van der Waals surface area contributed by atoms with Crippen molar-refractivity contribution in [1.29, 1.82) is 0 Å². The van der Waals surface area contributed by atoms with Crippen LogP contribution in [0.15, 0.2) is 72.8 Å². The number of methoxy groups -OCH3 is 1. The van der Waals surface area contributed by atoms with E-state index >= 15 is 0 Å². The van der Waals surface area contributed by atoms with Gasteiger partial charge in [-0.3, -0.25) is 9.69 Å². The summed E-state index contributed by atoms with van der Waals surface area (Å²) in [5.41, 5.74) is 1.90. The number of carboxylic acid groups (broad SMARTS) is 1. The minimum absolute atomic E-state index is 0.217. The molecule has 0 aliphatic carbocycles. The van der Waals surface area contributed by atoms with Gasteiger partial charge in [0.15, 0.2) is 0 Å². The maximum atomic E-state index is 11.7. The molecule has 3 aromatic carbocycles. The zero-order valence-corrected chi connectivity index (χ0v) is 18.7. The number of aliphatic carboxylic acids is 1. The Hall–Kier alpha value is -3.02. The molecule has 0 aromatic heterocycles. The van der Waals surface area contributed by atoms with Gasteiger partial charge in [0.1, 0.15) is 17.2 Å². The summed E-state index contributed by atoms with van der Waals surface area (Å²) in [6.45, 7) is 1.24. The van der Waals surface area contributed by atoms with Gasteiger partial charge in [0.2, 0.25) is 0 Å². The summed E-state index contributed by atoms with van der Waals surface area (Å²) >= 11 is 6.37. The fraction of sp³-hybridized carbons (Fsp3) is 0.269. The van der Waals surface area contributed by atoms with E-state index in [1.165, 1.54) is 0 Å². The smallest absolute Gasteiger partial charge is 0.307 e. The number of rotatable bonds is 7. The van der Waals surface area contributed by atoms with Gasteiger partial charge in [-0.05, 0) is 67.4 Å². The van der Waals surface area contributed by atoms with Crippen LogP contribution < -0.4 is 9.47 Å². The SMILES string of the molecule is COc1ccc(Cl)cc1C(c1cccc(Oc2ccccc2)c1)N1CCCC(C(=O)O)C1. The number of para-hydroxylation sites is 1. The van der Waals surface area contributed by atoms with Crippen molar-refractivity contribution in [2.75, 3.05) is 20.2 Å². The van der Waals surface area contributed by atoms with Gasteiger partial charge in [-0.2, -0.15) is 0 Å². The summed E-state index contributed by atoms with van der Waals surface area (Å²) in [5, 5.41) is 10.2. The van der Waals surface area contributed by atoms with E-state index in [0.29, 0.717) is 29.5 Å². The molecule has 1 saturated heterocycles. The highest BCUT2D eigenvalue weighted by Crippen LogP contribution is 2.39. The lowest BCUT2D eigenvalue weighted by Crippen LogP contribution is -2.41. The monoisotopic (exact) mass is 451 g/mol. The van der Waals surface area contributed by atoms with Crippen LogP contribution in [0, 0.1) is 5.92 Å². The second-order valence-corrected chi connectivity index (χ2v) is 8.39. The predicted molar refractivity (Wildman–Crippen MR) is 125 cm³/mol. The standard InChI is InChI=1S/C26H26ClNO4/c1-31-24-13-12-20(27)16-23(24)25(28-14-6-8-19(17-28)26(29)30)18-7-5-11-22(15-18)32-21-9-3-2-4-10-21/h2-5,7,9-13,15-16,19,25H,6,8,14,17H2,1H3,(H,29,30). The van der Waals surface area contributed by atoms with Crippen molar-refractivity contribution in [1.82, 2.24) is 4.90 Å². The average molecular weight is 452 g/mol. The number of benzene rings is 3. The summed E-state index contributed by atoms with van der Waals surface area (Å²) < 4.78 is 11.7. The Labute approximate surface area is 193 Å². The number of carbonyl (C=O) groups is 1. The molecular formula is C26H26ClNO4. The molecule has 0 spiro atoms. The van der Waals surface area contributed by atoms with Crippen LogP contribution in [0.25, 0.3) is 0 Å². The molecule has 1 aliphatic heterocycles. The zero-order chi connectivity index (χ0) is 22.5. The van der Waals surface area contributed by atoms with Crippen molar-refractivity contribution in [2.24, 2.45) is 5.92 Å². The molecule has 6 heteroatoms. The third-order valence-electron chi connectivity index (χ3n) is 5.81. The maximum absolute atomic E-state index is 11.7.